The van der Waals surface area contributed by atoms with Gasteiger partial charge in [-0.1, -0.05) is 5.92 Å². The van der Waals surface area contributed by atoms with E-state index in [1.807, 2.05) is 0 Å². The fourth-order valence-electron chi connectivity index (χ4n) is 1.62. The third-order valence-corrected chi connectivity index (χ3v) is 3.68. The number of halogens is 1. The van der Waals surface area contributed by atoms with Gasteiger partial charge in [0.1, 0.15) is 17.1 Å². The molecule has 6 nitrogen and oxygen atoms in total. The Morgan fingerprint density at radius 2 is 2.40 bits per heavy atom. The van der Waals surface area contributed by atoms with Crippen LogP contribution in [0.3, 0.4) is 0 Å². The van der Waals surface area contributed by atoms with Crippen molar-refractivity contribution in [1.82, 2.24) is 15.1 Å². The molecule has 1 saturated carbocycles. The van der Waals surface area contributed by atoms with E-state index in [0.717, 1.165) is 12.8 Å². The molecule has 1 aromatic rings. The highest BCUT2D eigenvalue weighted by Crippen LogP contribution is 2.20. The van der Waals surface area contributed by atoms with E-state index in [2.05, 4.69) is 37.6 Å². The van der Waals surface area contributed by atoms with Crippen LogP contribution in [0, 0.1) is 12.3 Å². The lowest BCUT2D eigenvalue weighted by molar-refractivity contribution is -0.121. The normalized spacial score (nSPS) is 15.2. The standard InChI is InChI=1S/C13H15BrN4O2/c1-3-6-18-13(20)11(14)10(7-15-18)16-8(2)12(19)17-9-4-5-9/h1,7-9,16H,4-6H2,2H3,(H,17,19). The van der Waals surface area contributed by atoms with Crippen molar-refractivity contribution in [3.8, 4) is 12.3 Å². The summed E-state index contributed by atoms with van der Waals surface area (Å²) >= 11 is 3.21. The molecular weight excluding hydrogens is 324 g/mol. The minimum absolute atomic E-state index is 0.0906. The Bertz CT molecular complexity index is 616. The quantitative estimate of drug-likeness (QED) is 0.775. The number of rotatable bonds is 5. The molecule has 0 bridgehead atoms. The number of hydrogen-bond acceptors (Lipinski definition) is 4. The number of anilines is 1. The van der Waals surface area contributed by atoms with Gasteiger partial charge in [-0.25, -0.2) is 4.68 Å². The first-order valence-corrected chi connectivity index (χ1v) is 7.08. The largest absolute Gasteiger partial charge is 0.372 e. The molecule has 20 heavy (non-hydrogen) atoms. The number of terminal acetylenes is 1. The second-order valence-corrected chi connectivity index (χ2v) is 5.48. The summed E-state index contributed by atoms with van der Waals surface area (Å²) in [5.74, 6) is 2.26. The summed E-state index contributed by atoms with van der Waals surface area (Å²) in [5.41, 5.74) is 0.143. The molecule has 106 valence electrons. The summed E-state index contributed by atoms with van der Waals surface area (Å²) in [6.45, 7) is 1.84. The molecule has 0 spiro atoms. The van der Waals surface area contributed by atoms with E-state index < -0.39 is 6.04 Å². The summed E-state index contributed by atoms with van der Waals surface area (Å²) in [6, 6.07) is -0.145. The van der Waals surface area contributed by atoms with Gasteiger partial charge in [-0.05, 0) is 35.7 Å². The van der Waals surface area contributed by atoms with E-state index in [-0.39, 0.29) is 18.0 Å². The molecule has 1 aliphatic carbocycles. The summed E-state index contributed by atoms with van der Waals surface area (Å²) in [6.07, 6.45) is 8.70. The van der Waals surface area contributed by atoms with Gasteiger partial charge in [-0.15, -0.1) is 6.42 Å². The van der Waals surface area contributed by atoms with E-state index in [1.54, 1.807) is 6.92 Å². The number of nitrogens with zero attached hydrogens (tertiary/aromatic N) is 2. The number of amides is 1. The number of carbonyl (C=O) groups is 1. The zero-order valence-electron chi connectivity index (χ0n) is 11.0. The molecule has 1 fully saturated rings. The summed E-state index contributed by atoms with van der Waals surface area (Å²) in [4.78, 5) is 23.8. The van der Waals surface area contributed by atoms with Gasteiger partial charge in [0.2, 0.25) is 5.91 Å². The molecule has 1 aromatic heterocycles. The summed E-state index contributed by atoms with van der Waals surface area (Å²) < 4.78 is 1.48. The number of aromatic nitrogens is 2. The predicted molar refractivity (Wildman–Crippen MR) is 79.3 cm³/mol. The van der Waals surface area contributed by atoms with Crippen LogP contribution < -0.4 is 16.2 Å². The molecule has 2 N–H and O–H groups in total. The maximum absolute atomic E-state index is 11.9. The van der Waals surface area contributed by atoms with Crippen molar-refractivity contribution in [3.05, 3.63) is 21.0 Å². The first kappa shape index (κ1) is 14.6. The Kier molecular flexibility index (Phi) is 4.45. The van der Waals surface area contributed by atoms with Crippen LogP contribution in [-0.2, 0) is 11.3 Å². The topological polar surface area (TPSA) is 76.0 Å². The van der Waals surface area contributed by atoms with Crippen LogP contribution in [-0.4, -0.2) is 27.8 Å². The van der Waals surface area contributed by atoms with Crippen molar-refractivity contribution in [3.63, 3.8) is 0 Å². The van der Waals surface area contributed by atoms with Crippen LogP contribution in [0.4, 0.5) is 5.69 Å². The van der Waals surface area contributed by atoms with Gasteiger partial charge in [-0.2, -0.15) is 5.10 Å². The van der Waals surface area contributed by atoms with Crippen LogP contribution in [0.5, 0.6) is 0 Å². The van der Waals surface area contributed by atoms with Crippen LogP contribution in [0.15, 0.2) is 15.5 Å². The van der Waals surface area contributed by atoms with Gasteiger partial charge in [0.05, 0.1) is 11.9 Å². The van der Waals surface area contributed by atoms with Crippen molar-refractivity contribution >= 4 is 27.5 Å². The average Bonchev–Trinajstić information content (AvgIpc) is 3.22. The van der Waals surface area contributed by atoms with Crippen LogP contribution in [0.1, 0.15) is 19.8 Å². The fraction of sp³-hybridized carbons (Fsp3) is 0.462. The molecule has 1 unspecified atom stereocenters. The van der Waals surface area contributed by atoms with E-state index in [0.29, 0.717) is 16.2 Å². The van der Waals surface area contributed by atoms with Crippen LogP contribution in [0.2, 0.25) is 0 Å². The van der Waals surface area contributed by atoms with Crippen LogP contribution >= 0.6 is 15.9 Å². The first-order valence-electron chi connectivity index (χ1n) is 6.29. The molecule has 1 amide bonds. The molecule has 1 aliphatic rings. The SMILES string of the molecule is C#CCn1ncc(NC(C)C(=O)NC2CC2)c(Br)c1=O. The van der Waals surface area contributed by atoms with E-state index >= 15 is 0 Å². The monoisotopic (exact) mass is 338 g/mol. The Morgan fingerprint density at radius 3 is 3.00 bits per heavy atom. The van der Waals surface area contributed by atoms with Gasteiger partial charge in [-0.3, -0.25) is 9.59 Å². The number of carbonyl (C=O) groups excluding carboxylic acids is 1. The number of hydrogen-bond donors (Lipinski definition) is 2. The van der Waals surface area contributed by atoms with Crippen molar-refractivity contribution in [2.45, 2.75) is 38.4 Å². The van der Waals surface area contributed by atoms with E-state index in [9.17, 15) is 9.59 Å². The molecule has 1 heterocycles. The molecule has 2 rings (SSSR count). The second kappa shape index (κ2) is 6.09. The number of nitrogens with one attached hydrogen (secondary N) is 2. The van der Waals surface area contributed by atoms with Crippen molar-refractivity contribution in [1.29, 1.82) is 0 Å². The lowest BCUT2D eigenvalue weighted by Gasteiger charge is -2.16. The van der Waals surface area contributed by atoms with Gasteiger partial charge >= 0.3 is 0 Å². The maximum atomic E-state index is 11.9. The molecule has 0 aliphatic heterocycles. The molecule has 1 atom stereocenters. The van der Waals surface area contributed by atoms with E-state index in [1.165, 1.54) is 10.9 Å². The summed E-state index contributed by atoms with van der Waals surface area (Å²) in [7, 11) is 0. The van der Waals surface area contributed by atoms with E-state index in [4.69, 9.17) is 6.42 Å². The zero-order chi connectivity index (χ0) is 14.7. The van der Waals surface area contributed by atoms with Crippen molar-refractivity contribution in [2.75, 3.05) is 5.32 Å². The lowest BCUT2D eigenvalue weighted by Crippen LogP contribution is -2.39. The van der Waals surface area contributed by atoms with Gasteiger partial charge < -0.3 is 10.6 Å². The lowest BCUT2D eigenvalue weighted by atomic mass is 10.3. The van der Waals surface area contributed by atoms with Gasteiger partial charge in [0.25, 0.3) is 5.56 Å². The molecule has 0 saturated heterocycles. The Hall–Kier alpha value is -1.81. The Morgan fingerprint density at radius 1 is 1.70 bits per heavy atom. The zero-order valence-corrected chi connectivity index (χ0v) is 12.6. The first-order chi connectivity index (χ1) is 9.52. The Balaban J connectivity index is 2.09. The minimum atomic E-state index is -0.448. The third kappa shape index (κ3) is 3.39. The van der Waals surface area contributed by atoms with Gasteiger partial charge in [0.15, 0.2) is 0 Å². The molecule has 7 heteroatoms. The highest BCUT2D eigenvalue weighted by atomic mass is 79.9. The highest BCUT2D eigenvalue weighted by molar-refractivity contribution is 9.10. The predicted octanol–water partition coefficient (Wildman–Crippen LogP) is 0.718. The third-order valence-electron chi connectivity index (χ3n) is 2.91. The summed E-state index contributed by atoms with van der Waals surface area (Å²) in [5, 5.41) is 9.81. The Labute approximate surface area is 125 Å². The van der Waals surface area contributed by atoms with Gasteiger partial charge in [0, 0.05) is 6.04 Å². The van der Waals surface area contributed by atoms with Crippen LogP contribution in [0.25, 0.3) is 0 Å². The van der Waals surface area contributed by atoms with Crippen molar-refractivity contribution < 1.29 is 4.79 Å². The highest BCUT2D eigenvalue weighted by Gasteiger charge is 2.26. The molecule has 0 aromatic carbocycles. The van der Waals surface area contributed by atoms with Crippen molar-refractivity contribution in [2.24, 2.45) is 0 Å². The average molecular weight is 339 g/mol. The maximum Gasteiger partial charge on any atom is 0.284 e. The molecule has 0 radical (unpaired) electrons. The fourth-order valence-corrected chi connectivity index (χ4v) is 2.04. The minimum Gasteiger partial charge on any atom is -0.372 e. The smallest absolute Gasteiger partial charge is 0.284 e. The second-order valence-electron chi connectivity index (χ2n) is 4.69. The molecular formula is C13H15BrN4O2.